The van der Waals surface area contributed by atoms with Crippen LogP contribution in [0.2, 0.25) is 0 Å². The normalized spacial score (nSPS) is 13.2. The van der Waals surface area contributed by atoms with Crippen LogP contribution in [0.4, 0.5) is 17.1 Å². The highest BCUT2D eigenvalue weighted by molar-refractivity contribution is 6.27. The Hall–Kier alpha value is -6.38. The van der Waals surface area contributed by atoms with E-state index < -0.39 is 0 Å². The average molecular weight is 891 g/mol. The SMILES string of the molecule is CC(C)(C)c1ccc(-c2cc(N(c3ccc(C(C)(C)C)cc3)c3ccc4ccc5c(-n6c7ccc(C(C)(C)C)cc7c7cc(C(C)(C)C)ccc76)ccc6ccc3c4c65)cc(C(C)(C)C)c2)cc1. The lowest BCUT2D eigenvalue weighted by Crippen LogP contribution is -2.16. The smallest absolute Gasteiger partial charge is 0.0541 e. The van der Waals surface area contributed by atoms with Crippen molar-refractivity contribution < 1.29 is 0 Å². The van der Waals surface area contributed by atoms with Gasteiger partial charge in [-0.3, -0.25) is 0 Å². The first-order valence-corrected chi connectivity index (χ1v) is 24.8. The Morgan fingerprint density at radius 2 is 0.750 bits per heavy atom. The van der Waals surface area contributed by atoms with Crippen molar-refractivity contribution in [2.45, 2.75) is 131 Å². The number of fused-ring (bicyclic) bond motifs is 3. The minimum Gasteiger partial charge on any atom is -0.310 e. The molecule has 344 valence electrons. The molecule has 10 rings (SSSR count). The third-order valence-electron chi connectivity index (χ3n) is 14.7. The molecule has 10 aromatic rings. The van der Waals surface area contributed by atoms with Crippen LogP contribution in [0.1, 0.15) is 132 Å². The Labute approximate surface area is 406 Å². The molecule has 0 amide bonds. The molecule has 2 heteroatoms. The second-order valence-corrected chi connectivity index (χ2v) is 24.9. The van der Waals surface area contributed by atoms with Crippen molar-refractivity contribution in [1.29, 1.82) is 0 Å². The molecule has 1 heterocycles. The van der Waals surface area contributed by atoms with Gasteiger partial charge in [0.25, 0.3) is 0 Å². The molecule has 68 heavy (non-hydrogen) atoms. The van der Waals surface area contributed by atoms with E-state index in [2.05, 4.69) is 265 Å². The Morgan fingerprint density at radius 3 is 1.26 bits per heavy atom. The van der Waals surface area contributed by atoms with Crippen LogP contribution < -0.4 is 4.90 Å². The van der Waals surface area contributed by atoms with Gasteiger partial charge in [-0.1, -0.05) is 195 Å². The number of benzene rings is 9. The molecular formula is C66H70N2. The number of anilines is 3. The van der Waals surface area contributed by atoms with E-state index in [0.29, 0.717) is 0 Å². The molecule has 0 radical (unpaired) electrons. The summed E-state index contributed by atoms with van der Waals surface area (Å²) in [6, 6.07) is 59.0. The number of hydrogen-bond acceptors (Lipinski definition) is 1. The molecule has 0 aliphatic heterocycles. The Balaban J connectivity index is 1.24. The predicted molar refractivity (Wildman–Crippen MR) is 298 cm³/mol. The molecule has 0 unspecified atom stereocenters. The molecule has 0 fully saturated rings. The summed E-state index contributed by atoms with van der Waals surface area (Å²) in [6.45, 7) is 34.6. The van der Waals surface area contributed by atoms with Crippen molar-refractivity contribution in [3.05, 3.63) is 179 Å². The summed E-state index contributed by atoms with van der Waals surface area (Å²) < 4.78 is 2.53. The minimum absolute atomic E-state index is 0.0325. The fourth-order valence-corrected chi connectivity index (χ4v) is 10.4. The van der Waals surface area contributed by atoms with Crippen LogP contribution in [0, 0.1) is 0 Å². The van der Waals surface area contributed by atoms with Gasteiger partial charge in [-0.15, -0.1) is 0 Å². The highest BCUT2D eigenvalue weighted by Gasteiger charge is 2.26. The third kappa shape index (κ3) is 7.84. The molecule has 2 nitrogen and oxygen atoms in total. The quantitative estimate of drug-likeness (QED) is 0.156. The first-order valence-electron chi connectivity index (χ1n) is 24.8. The molecule has 0 atom stereocenters. The zero-order chi connectivity index (χ0) is 48.5. The molecule has 0 aliphatic carbocycles. The highest BCUT2D eigenvalue weighted by Crippen LogP contribution is 2.48. The van der Waals surface area contributed by atoms with Gasteiger partial charge < -0.3 is 9.47 Å². The fraction of sp³-hybridized carbons (Fsp3) is 0.303. The lowest BCUT2D eigenvalue weighted by molar-refractivity contribution is 0.589. The molecule has 0 bridgehead atoms. The van der Waals surface area contributed by atoms with Crippen LogP contribution in [0.3, 0.4) is 0 Å². The lowest BCUT2D eigenvalue weighted by atomic mass is 9.83. The first-order chi connectivity index (χ1) is 31.9. The third-order valence-corrected chi connectivity index (χ3v) is 14.7. The Bertz CT molecular complexity index is 3470. The number of nitrogens with zero attached hydrogens (tertiary/aromatic N) is 2. The maximum absolute atomic E-state index is 2.53. The van der Waals surface area contributed by atoms with Crippen molar-refractivity contribution >= 4 is 71.2 Å². The van der Waals surface area contributed by atoms with Gasteiger partial charge in [-0.25, -0.2) is 0 Å². The van der Waals surface area contributed by atoms with E-state index in [-0.39, 0.29) is 27.1 Å². The molecular weight excluding hydrogens is 821 g/mol. The van der Waals surface area contributed by atoms with E-state index in [1.165, 1.54) is 104 Å². The van der Waals surface area contributed by atoms with Gasteiger partial charge >= 0.3 is 0 Å². The maximum atomic E-state index is 2.53. The molecule has 0 N–H and O–H groups in total. The molecule has 1 aromatic heterocycles. The molecule has 0 aliphatic rings. The van der Waals surface area contributed by atoms with E-state index in [0.717, 1.165) is 11.4 Å². The van der Waals surface area contributed by atoms with Gasteiger partial charge in [0.05, 0.1) is 22.4 Å². The van der Waals surface area contributed by atoms with Crippen LogP contribution in [-0.2, 0) is 27.1 Å². The van der Waals surface area contributed by atoms with Crippen LogP contribution in [0.25, 0.3) is 70.9 Å². The average Bonchev–Trinajstić information content (AvgIpc) is 3.60. The zero-order valence-corrected chi connectivity index (χ0v) is 43.3. The van der Waals surface area contributed by atoms with Gasteiger partial charge in [0.15, 0.2) is 0 Å². The van der Waals surface area contributed by atoms with Crippen molar-refractivity contribution in [3.63, 3.8) is 0 Å². The van der Waals surface area contributed by atoms with Crippen LogP contribution in [-0.4, -0.2) is 4.57 Å². The number of aromatic nitrogens is 1. The molecule has 0 saturated heterocycles. The Kier molecular flexibility index (Phi) is 10.4. The van der Waals surface area contributed by atoms with Gasteiger partial charge in [0.1, 0.15) is 0 Å². The minimum atomic E-state index is -0.0770. The zero-order valence-electron chi connectivity index (χ0n) is 43.3. The predicted octanol–water partition coefficient (Wildman–Crippen LogP) is 19.3. The molecule has 0 spiro atoms. The monoisotopic (exact) mass is 891 g/mol. The maximum Gasteiger partial charge on any atom is 0.0541 e. The summed E-state index contributed by atoms with van der Waals surface area (Å²) in [5, 5.41) is 10.2. The van der Waals surface area contributed by atoms with Gasteiger partial charge in [0, 0.05) is 32.9 Å². The lowest BCUT2D eigenvalue weighted by Gasteiger charge is -2.31. The van der Waals surface area contributed by atoms with Crippen LogP contribution in [0.5, 0.6) is 0 Å². The summed E-state index contributed by atoms with van der Waals surface area (Å²) in [7, 11) is 0. The summed E-state index contributed by atoms with van der Waals surface area (Å²) in [5.41, 5.74) is 16.4. The van der Waals surface area contributed by atoms with Crippen molar-refractivity contribution in [2.24, 2.45) is 0 Å². The summed E-state index contributed by atoms with van der Waals surface area (Å²) in [6.07, 6.45) is 0. The fourth-order valence-electron chi connectivity index (χ4n) is 10.4. The molecule has 0 saturated carbocycles. The van der Waals surface area contributed by atoms with Crippen molar-refractivity contribution in [3.8, 4) is 16.8 Å². The first kappa shape index (κ1) is 45.4. The van der Waals surface area contributed by atoms with Gasteiger partial charge in [0.2, 0.25) is 0 Å². The summed E-state index contributed by atoms with van der Waals surface area (Å²) in [4.78, 5) is 2.52. The summed E-state index contributed by atoms with van der Waals surface area (Å²) in [5.74, 6) is 0. The number of hydrogen-bond donors (Lipinski definition) is 0. The highest BCUT2D eigenvalue weighted by atomic mass is 15.1. The van der Waals surface area contributed by atoms with E-state index in [9.17, 15) is 0 Å². The van der Waals surface area contributed by atoms with Crippen molar-refractivity contribution in [1.82, 2.24) is 4.57 Å². The van der Waals surface area contributed by atoms with Gasteiger partial charge in [-0.05, 0) is 148 Å². The molecule has 9 aromatic carbocycles. The van der Waals surface area contributed by atoms with Crippen LogP contribution >= 0.6 is 0 Å². The van der Waals surface area contributed by atoms with E-state index in [1.807, 2.05) is 0 Å². The van der Waals surface area contributed by atoms with E-state index in [4.69, 9.17) is 0 Å². The number of rotatable bonds is 5. The van der Waals surface area contributed by atoms with Gasteiger partial charge in [-0.2, -0.15) is 0 Å². The van der Waals surface area contributed by atoms with E-state index in [1.54, 1.807) is 0 Å². The second-order valence-electron chi connectivity index (χ2n) is 24.9. The second kappa shape index (κ2) is 15.6. The van der Waals surface area contributed by atoms with Crippen LogP contribution in [0.15, 0.2) is 152 Å². The Morgan fingerprint density at radius 1 is 0.309 bits per heavy atom. The topological polar surface area (TPSA) is 8.17 Å². The summed E-state index contributed by atoms with van der Waals surface area (Å²) >= 11 is 0. The standard InChI is InChI=1S/C66H70N2/c1-62(2,3)45-22-16-41(17-23-45)44-36-49(66(13,14)15)38-51(37-44)67(50-28-24-46(25-29-50)63(4,5)6)56-32-20-42-19-31-53-57(33-21-43-18-30-52(56)60(42)61(43)53)68-58-34-26-47(64(7,8)9)39-54(58)55-40-48(65(10,11)12)27-35-59(55)68/h16-40H,1-15H3. The largest absolute Gasteiger partial charge is 0.310 e. The van der Waals surface area contributed by atoms with Crippen molar-refractivity contribution in [2.75, 3.05) is 4.90 Å². The van der Waals surface area contributed by atoms with E-state index >= 15 is 0 Å².